The van der Waals surface area contributed by atoms with E-state index in [1.54, 1.807) is 26.8 Å². The molecule has 1 aromatic carbocycles. The van der Waals surface area contributed by atoms with Crippen molar-refractivity contribution in [3.05, 3.63) is 29.8 Å². The third-order valence-electron chi connectivity index (χ3n) is 12.0. The van der Waals surface area contributed by atoms with Crippen molar-refractivity contribution < 1.29 is 88.4 Å². The molecular weight excluding hydrogens is 1020 g/mol. The molecule has 13 N–H and O–H groups in total. The number of hydrogen-bond acceptors (Lipinski definition) is 15. The fraction of sp³-hybridized carbons (Fsp3) is 0.646. The normalized spacial score (nSPS) is 16.0. The van der Waals surface area contributed by atoms with Gasteiger partial charge in [0.1, 0.15) is 18.1 Å². The van der Waals surface area contributed by atoms with Gasteiger partial charge in [-0.25, -0.2) is 19.2 Å². The molecule has 2 rings (SSSR count). The summed E-state index contributed by atoms with van der Waals surface area (Å²) in [6.45, 7) is 1.52. The Morgan fingerprint density at radius 3 is 1.62 bits per heavy atom. The summed E-state index contributed by atoms with van der Waals surface area (Å²) in [5, 5.41) is 81.9. The van der Waals surface area contributed by atoms with Gasteiger partial charge in [0.2, 0.25) is 11.8 Å². The molecule has 0 aliphatic carbocycles. The maximum absolute atomic E-state index is 12.6. The van der Waals surface area contributed by atoms with Crippen LogP contribution in [-0.4, -0.2) is 218 Å². The number of carboxylic acids is 7. The number of unbranched alkanes of at least 4 members (excludes halogenated alkanes) is 5. The maximum Gasteiger partial charge on any atom is 0.326 e. The van der Waals surface area contributed by atoms with Gasteiger partial charge in [-0.3, -0.25) is 43.5 Å². The molecule has 1 aromatic rings. The Hall–Kier alpha value is -6.75. The molecule has 76 heavy (non-hydrogen) atoms. The van der Waals surface area contributed by atoms with E-state index in [1.165, 1.54) is 0 Å². The van der Waals surface area contributed by atoms with Crippen LogP contribution in [0.3, 0.4) is 0 Å². The highest BCUT2D eigenvalue weighted by Crippen LogP contribution is 2.16. The number of carboxylic acid groups (broad SMARTS) is 7. The van der Waals surface area contributed by atoms with Crippen molar-refractivity contribution >= 4 is 82.6 Å². The number of thiocarbonyl (C=S) groups is 1. The smallest absolute Gasteiger partial charge is 0.326 e. The maximum atomic E-state index is 12.6. The van der Waals surface area contributed by atoms with E-state index in [2.05, 4.69) is 31.9 Å². The third kappa shape index (κ3) is 30.6. The average Bonchev–Trinajstić information content (AvgIpc) is 3.33. The van der Waals surface area contributed by atoms with Crippen molar-refractivity contribution in [2.24, 2.45) is 0 Å². The molecule has 0 bridgehead atoms. The van der Waals surface area contributed by atoms with Crippen LogP contribution in [0.1, 0.15) is 95.5 Å². The lowest BCUT2D eigenvalue weighted by Crippen LogP contribution is -2.51. The van der Waals surface area contributed by atoms with E-state index >= 15 is 0 Å². The fourth-order valence-electron chi connectivity index (χ4n) is 8.05. The molecule has 4 atom stereocenters. The van der Waals surface area contributed by atoms with E-state index in [0.29, 0.717) is 81.7 Å². The molecule has 0 aromatic heterocycles. The van der Waals surface area contributed by atoms with Crippen molar-refractivity contribution in [1.29, 1.82) is 0 Å². The average molecular weight is 1100 g/mol. The number of ether oxygens (including phenoxy) is 1. The van der Waals surface area contributed by atoms with Gasteiger partial charge in [-0.1, -0.05) is 25.0 Å². The molecule has 0 radical (unpaired) electrons. The minimum Gasteiger partial charge on any atom is -0.481 e. The topological polar surface area (TPSA) is 403 Å². The lowest BCUT2D eigenvalue weighted by molar-refractivity contribution is -0.142. The second-order valence-electron chi connectivity index (χ2n) is 18.3. The first-order chi connectivity index (χ1) is 36.1. The van der Waals surface area contributed by atoms with Gasteiger partial charge in [-0.2, -0.15) is 0 Å². The van der Waals surface area contributed by atoms with Crippen LogP contribution in [0.4, 0.5) is 10.5 Å². The second-order valence-corrected chi connectivity index (χ2v) is 18.7. The van der Waals surface area contributed by atoms with Gasteiger partial charge in [0.15, 0.2) is 5.11 Å². The molecule has 1 fully saturated rings. The van der Waals surface area contributed by atoms with Crippen molar-refractivity contribution in [1.82, 2.24) is 41.3 Å². The zero-order valence-electron chi connectivity index (χ0n) is 42.6. The van der Waals surface area contributed by atoms with Crippen LogP contribution in [0.2, 0.25) is 0 Å². The van der Waals surface area contributed by atoms with Gasteiger partial charge in [0.05, 0.1) is 32.8 Å². The summed E-state index contributed by atoms with van der Waals surface area (Å²) in [7, 11) is 0. The Kier molecular flexibility index (Phi) is 31.9. The van der Waals surface area contributed by atoms with E-state index < -0.39 is 84.3 Å². The summed E-state index contributed by atoms with van der Waals surface area (Å²) in [6.07, 6.45) is 3.99. The SMILES string of the molecule is O=C(O)CC[C@H](NC(=O)N[C@@H](CCCCNC(=O)CCCCCCC(=O)N[C@@H](CCCCNC(=S)Nc1ccc(C[C@H]2CN(CC(=O)O)CCN(CC(=O)O)CCOCCN2CC(=O)O)cc1)C(=O)O)C(=O)O)C(=O)O. The first-order valence-electron chi connectivity index (χ1n) is 25.2. The molecular formula is C48H75N9O18S. The summed E-state index contributed by atoms with van der Waals surface area (Å²) >= 11 is 5.45. The molecule has 1 saturated heterocycles. The predicted molar refractivity (Wildman–Crippen MR) is 276 cm³/mol. The quantitative estimate of drug-likeness (QED) is 0.0325. The molecule has 27 nitrogen and oxygen atoms in total. The van der Waals surface area contributed by atoms with Crippen molar-refractivity contribution in [3.63, 3.8) is 0 Å². The van der Waals surface area contributed by atoms with E-state index in [1.807, 2.05) is 12.1 Å². The van der Waals surface area contributed by atoms with Gasteiger partial charge in [-0.05, 0) is 94.1 Å². The Morgan fingerprint density at radius 2 is 1.05 bits per heavy atom. The fourth-order valence-corrected chi connectivity index (χ4v) is 8.27. The van der Waals surface area contributed by atoms with E-state index in [-0.39, 0.29) is 104 Å². The monoisotopic (exact) mass is 1100 g/mol. The number of amides is 4. The number of hydrogen-bond donors (Lipinski definition) is 13. The van der Waals surface area contributed by atoms with E-state index in [0.717, 1.165) is 5.56 Å². The van der Waals surface area contributed by atoms with Crippen LogP contribution in [-0.2, 0) is 54.3 Å². The minimum atomic E-state index is -1.52. The van der Waals surface area contributed by atoms with E-state index in [9.17, 15) is 78.6 Å². The van der Waals surface area contributed by atoms with Gasteiger partial charge in [0, 0.05) is 76.8 Å². The van der Waals surface area contributed by atoms with Crippen LogP contribution >= 0.6 is 12.2 Å². The number of nitrogens with zero attached hydrogens (tertiary/aromatic N) is 3. The van der Waals surface area contributed by atoms with Crippen LogP contribution in [0, 0.1) is 0 Å². The number of urea groups is 1. The first kappa shape index (κ1) is 65.4. The molecule has 0 saturated carbocycles. The van der Waals surface area contributed by atoms with Crippen LogP contribution in [0.25, 0.3) is 0 Å². The molecule has 1 heterocycles. The Balaban J connectivity index is 1.70. The highest BCUT2D eigenvalue weighted by atomic mass is 32.1. The summed E-state index contributed by atoms with van der Waals surface area (Å²) in [5.41, 5.74) is 1.51. The minimum absolute atomic E-state index is 0.00980. The highest BCUT2D eigenvalue weighted by Gasteiger charge is 2.28. The zero-order chi connectivity index (χ0) is 56.4. The summed E-state index contributed by atoms with van der Waals surface area (Å²) in [4.78, 5) is 123. The van der Waals surface area contributed by atoms with Crippen molar-refractivity contribution in [2.45, 2.75) is 120 Å². The van der Waals surface area contributed by atoms with Crippen molar-refractivity contribution in [3.8, 4) is 0 Å². The number of carbonyl (C=O) groups is 10. The van der Waals surface area contributed by atoms with Crippen molar-refractivity contribution in [2.75, 3.05) is 84.0 Å². The lowest BCUT2D eigenvalue weighted by atomic mass is 10.0. The number of carbonyl (C=O) groups excluding carboxylic acids is 3. The Morgan fingerprint density at radius 1 is 0.539 bits per heavy atom. The van der Waals surface area contributed by atoms with Crippen LogP contribution in [0.5, 0.6) is 0 Å². The lowest BCUT2D eigenvalue weighted by Gasteiger charge is -2.36. The molecule has 0 unspecified atom stereocenters. The number of anilines is 1. The molecule has 0 spiro atoms. The number of aliphatic carboxylic acids is 7. The number of rotatable bonds is 35. The Labute approximate surface area is 445 Å². The van der Waals surface area contributed by atoms with E-state index in [4.69, 9.17) is 22.1 Å². The second kappa shape index (κ2) is 37.1. The number of nitrogens with one attached hydrogen (secondary N) is 6. The van der Waals surface area contributed by atoms with Gasteiger partial charge in [0.25, 0.3) is 0 Å². The highest BCUT2D eigenvalue weighted by molar-refractivity contribution is 7.80. The van der Waals surface area contributed by atoms with Gasteiger partial charge in [-0.15, -0.1) is 0 Å². The molecule has 426 valence electrons. The molecule has 28 heteroatoms. The van der Waals surface area contributed by atoms with Crippen LogP contribution in [0.15, 0.2) is 24.3 Å². The summed E-state index contributed by atoms with van der Waals surface area (Å²) in [5.74, 6) is -9.00. The Bertz CT molecular complexity index is 2070. The van der Waals surface area contributed by atoms with Gasteiger partial charge >= 0.3 is 47.8 Å². The third-order valence-corrected chi connectivity index (χ3v) is 12.3. The predicted octanol–water partition coefficient (Wildman–Crippen LogP) is 0.511. The number of benzene rings is 1. The standard InChI is InChI=1S/C48H75N9O18S/c58-38(49-19-7-5-10-36(45(70)71)53-47(74)54-37(46(72)73)17-18-40(60)61)11-3-1-2-4-12-39(59)52-35(44(68)69)9-6-8-20-50-48(76)51-33-15-13-32(14-16-33)27-34-28-56(30-42(64)65)22-21-55(29-41(62)63)23-25-75-26-24-57(34)31-43(66)67/h13-16,34-37H,1-12,17-31H2,(H,49,58)(H,52,59)(H,60,61)(H,62,63)(H,64,65)(H,66,67)(H,68,69)(H,70,71)(H,72,73)(H2,50,51,76)(H2,53,54,74)/t34-,35-,36-,37-/m0/s1. The summed E-state index contributed by atoms with van der Waals surface area (Å²) < 4.78 is 5.73. The van der Waals surface area contributed by atoms with Gasteiger partial charge < -0.3 is 72.4 Å². The molecule has 1 aliphatic rings. The molecule has 1 aliphatic heterocycles. The first-order valence-corrected chi connectivity index (χ1v) is 25.6. The zero-order valence-corrected chi connectivity index (χ0v) is 43.4. The largest absolute Gasteiger partial charge is 0.481 e. The molecule has 4 amide bonds. The summed E-state index contributed by atoms with van der Waals surface area (Å²) in [6, 6.07) is 1.85. The van der Waals surface area contributed by atoms with Crippen LogP contribution < -0.4 is 31.9 Å².